The molecule has 0 spiro atoms. The third kappa shape index (κ3) is 3.73. The Labute approximate surface area is 117 Å². The summed E-state index contributed by atoms with van der Waals surface area (Å²) in [5, 5.41) is 8.48. The molecule has 1 N–H and O–H groups in total. The largest absolute Gasteiger partial charge is 0.455 e. The van der Waals surface area contributed by atoms with Crippen LogP contribution < -0.4 is 9.46 Å². The zero-order chi connectivity index (χ0) is 14.4. The van der Waals surface area contributed by atoms with Crippen LogP contribution in [-0.2, 0) is 10.0 Å². The van der Waals surface area contributed by atoms with Crippen LogP contribution in [0, 0.1) is 11.3 Å². The summed E-state index contributed by atoms with van der Waals surface area (Å²) in [6.07, 6.45) is 0. The van der Waals surface area contributed by atoms with Gasteiger partial charge in [-0.05, 0) is 24.3 Å². The molecule has 0 heterocycles. The summed E-state index contributed by atoms with van der Waals surface area (Å²) in [7, 11) is -3.69. The highest BCUT2D eigenvalue weighted by atomic mass is 32.2. The Morgan fingerprint density at radius 1 is 1.05 bits per heavy atom. The number of hydrogen-bond acceptors (Lipinski definition) is 4. The van der Waals surface area contributed by atoms with Gasteiger partial charge in [0.05, 0.1) is 11.8 Å². The number of ether oxygens (including phenoxy) is 1. The fraction of sp³-hybridized carbons (Fsp3) is 0.0714. The van der Waals surface area contributed by atoms with Crippen molar-refractivity contribution in [2.75, 3.05) is 10.5 Å². The molecule has 0 atom stereocenters. The van der Waals surface area contributed by atoms with Gasteiger partial charge in [0.25, 0.3) is 0 Å². The summed E-state index contributed by atoms with van der Waals surface area (Å²) < 4.78 is 31.2. The maximum Gasteiger partial charge on any atom is 0.246 e. The molecule has 0 amide bonds. The minimum absolute atomic E-state index is 0.298. The van der Waals surface area contributed by atoms with E-state index in [0.29, 0.717) is 17.2 Å². The minimum Gasteiger partial charge on any atom is -0.455 e. The summed E-state index contributed by atoms with van der Waals surface area (Å²) in [6.45, 7) is 0. The molecule has 0 bridgehead atoms. The average molecular weight is 288 g/mol. The smallest absolute Gasteiger partial charge is 0.246 e. The number of benzene rings is 2. The average Bonchev–Trinajstić information content (AvgIpc) is 2.42. The summed E-state index contributed by atoms with van der Waals surface area (Å²) in [6, 6.07) is 17.3. The highest BCUT2D eigenvalue weighted by Crippen LogP contribution is 2.29. The van der Waals surface area contributed by atoms with Crippen molar-refractivity contribution >= 4 is 15.7 Å². The van der Waals surface area contributed by atoms with Crippen molar-refractivity contribution in [1.29, 1.82) is 5.26 Å². The highest BCUT2D eigenvalue weighted by molar-refractivity contribution is 7.92. The number of hydrogen-bond donors (Lipinski definition) is 1. The van der Waals surface area contributed by atoms with E-state index in [2.05, 4.69) is 4.72 Å². The number of para-hydroxylation sites is 3. The second-order valence-corrected chi connectivity index (χ2v) is 5.65. The Morgan fingerprint density at radius 3 is 2.40 bits per heavy atom. The normalized spacial score (nSPS) is 10.6. The summed E-state index contributed by atoms with van der Waals surface area (Å²) in [5.41, 5.74) is 0.298. The zero-order valence-corrected chi connectivity index (χ0v) is 11.3. The SMILES string of the molecule is N#CCS(=O)(=O)Nc1ccccc1Oc1ccccc1. The number of sulfonamides is 1. The van der Waals surface area contributed by atoms with Crippen molar-refractivity contribution in [3.8, 4) is 17.6 Å². The molecule has 0 aliphatic carbocycles. The van der Waals surface area contributed by atoms with E-state index in [1.165, 1.54) is 0 Å². The molecule has 0 unspecified atom stereocenters. The van der Waals surface area contributed by atoms with Crippen molar-refractivity contribution in [2.45, 2.75) is 0 Å². The van der Waals surface area contributed by atoms with Gasteiger partial charge in [0, 0.05) is 0 Å². The van der Waals surface area contributed by atoms with Crippen LogP contribution >= 0.6 is 0 Å². The Bertz CT molecular complexity index is 722. The molecular formula is C14H12N2O3S. The van der Waals surface area contributed by atoms with Gasteiger partial charge in [0.1, 0.15) is 5.75 Å². The van der Waals surface area contributed by atoms with Crippen molar-refractivity contribution < 1.29 is 13.2 Å². The second-order valence-electron chi connectivity index (χ2n) is 3.93. The minimum atomic E-state index is -3.69. The second kappa shape index (κ2) is 6.08. The standard InChI is InChI=1S/C14H12N2O3S/c15-10-11-20(17,18)16-13-8-4-5-9-14(13)19-12-6-2-1-3-7-12/h1-9,16H,11H2. The molecule has 0 aromatic heterocycles. The number of nitrogens with zero attached hydrogens (tertiary/aromatic N) is 1. The lowest BCUT2D eigenvalue weighted by Crippen LogP contribution is -2.15. The molecule has 2 aromatic rings. The van der Waals surface area contributed by atoms with Gasteiger partial charge in [-0.15, -0.1) is 0 Å². The summed E-state index contributed by atoms with van der Waals surface area (Å²) >= 11 is 0. The molecule has 2 aromatic carbocycles. The van der Waals surface area contributed by atoms with Gasteiger partial charge in [0.2, 0.25) is 10.0 Å². The lowest BCUT2D eigenvalue weighted by molar-refractivity contribution is 0.485. The molecule has 0 saturated carbocycles. The first kappa shape index (κ1) is 13.9. The van der Waals surface area contributed by atoms with E-state index in [4.69, 9.17) is 10.00 Å². The number of nitrogens with one attached hydrogen (secondary N) is 1. The fourth-order valence-corrected chi connectivity index (χ4v) is 2.29. The van der Waals surface area contributed by atoms with Gasteiger partial charge in [-0.1, -0.05) is 30.3 Å². The number of rotatable bonds is 5. The first-order valence-corrected chi connectivity index (χ1v) is 7.45. The maximum absolute atomic E-state index is 11.6. The Hall–Kier alpha value is -2.52. The first-order valence-electron chi connectivity index (χ1n) is 5.80. The first-order chi connectivity index (χ1) is 9.61. The summed E-state index contributed by atoms with van der Waals surface area (Å²) in [5.74, 6) is 0.367. The molecular weight excluding hydrogens is 276 g/mol. The molecule has 0 aliphatic heterocycles. The predicted octanol–water partition coefficient (Wildman–Crippen LogP) is 2.74. The van der Waals surface area contributed by atoms with Crippen LogP contribution in [0.2, 0.25) is 0 Å². The van der Waals surface area contributed by atoms with Crippen LogP contribution in [-0.4, -0.2) is 14.2 Å². The third-order valence-corrected chi connectivity index (χ3v) is 3.42. The van der Waals surface area contributed by atoms with Gasteiger partial charge in [0.15, 0.2) is 11.5 Å². The highest BCUT2D eigenvalue weighted by Gasteiger charge is 2.13. The van der Waals surface area contributed by atoms with E-state index in [1.807, 2.05) is 18.2 Å². The predicted molar refractivity (Wildman–Crippen MR) is 76.0 cm³/mol. The van der Waals surface area contributed by atoms with Crippen LogP contribution in [0.5, 0.6) is 11.5 Å². The molecule has 0 saturated heterocycles. The molecule has 0 aliphatic rings. The van der Waals surface area contributed by atoms with E-state index in [0.717, 1.165) is 0 Å². The quantitative estimate of drug-likeness (QED) is 0.917. The number of nitriles is 1. The summed E-state index contributed by atoms with van der Waals surface area (Å²) in [4.78, 5) is 0. The third-order valence-electron chi connectivity index (χ3n) is 2.38. The van der Waals surface area contributed by atoms with E-state index < -0.39 is 15.8 Å². The van der Waals surface area contributed by atoms with E-state index in [-0.39, 0.29) is 0 Å². The molecule has 102 valence electrons. The Balaban J connectivity index is 2.25. The lowest BCUT2D eigenvalue weighted by atomic mass is 10.3. The van der Waals surface area contributed by atoms with Crippen molar-refractivity contribution in [3.05, 3.63) is 54.6 Å². The van der Waals surface area contributed by atoms with E-state index >= 15 is 0 Å². The molecule has 0 radical (unpaired) electrons. The maximum atomic E-state index is 11.6. The van der Waals surface area contributed by atoms with Crippen molar-refractivity contribution in [3.63, 3.8) is 0 Å². The molecule has 2 rings (SSSR count). The van der Waals surface area contributed by atoms with Crippen LogP contribution in [0.3, 0.4) is 0 Å². The zero-order valence-electron chi connectivity index (χ0n) is 10.5. The number of anilines is 1. The van der Waals surface area contributed by atoms with Gasteiger partial charge < -0.3 is 4.74 Å². The monoisotopic (exact) mass is 288 g/mol. The Kier molecular flexibility index (Phi) is 4.23. The Morgan fingerprint density at radius 2 is 1.70 bits per heavy atom. The van der Waals surface area contributed by atoms with E-state index in [9.17, 15) is 8.42 Å². The molecule has 0 fully saturated rings. The van der Waals surface area contributed by atoms with Crippen LogP contribution in [0.25, 0.3) is 0 Å². The van der Waals surface area contributed by atoms with Crippen molar-refractivity contribution in [2.24, 2.45) is 0 Å². The van der Waals surface area contributed by atoms with Gasteiger partial charge >= 0.3 is 0 Å². The van der Waals surface area contributed by atoms with Gasteiger partial charge in [-0.2, -0.15) is 5.26 Å². The molecule has 5 nitrogen and oxygen atoms in total. The van der Waals surface area contributed by atoms with E-state index in [1.54, 1.807) is 42.5 Å². The fourth-order valence-electron chi connectivity index (χ4n) is 1.54. The molecule has 6 heteroatoms. The topological polar surface area (TPSA) is 79.2 Å². The van der Waals surface area contributed by atoms with Crippen LogP contribution in [0.15, 0.2) is 54.6 Å². The molecule has 20 heavy (non-hydrogen) atoms. The lowest BCUT2D eigenvalue weighted by Gasteiger charge is -2.12. The van der Waals surface area contributed by atoms with Crippen LogP contribution in [0.4, 0.5) is 5.69 Å². The van der Waals surface area contributed by atoms with Crippen LogP contribution in [0.1, 0.15) is 0 Å². The van der Waals surface area contributed by atoms with Gasteiger partial charge in [-0.25, -0.2) is 8.42 Å². The van der Waals surface area contributed by atoms with Gasteiger partial charge in [-0.3, -0.25) is 4.72 Å². The van der Waals surface area contributed by atoms with Crippen molar-refractivity contribution in [1.82, 2.24) is 0 Å².